The maximum atomic E-state index is 11.5. The van der Waals surface area contributed by atoms with Crippen LogP contribution < -0.4 is 11.1 Å². The molecule has 0 saturated carbocycles. The van der Waals surface area contributed by atoms with Gasteiger partial charge in [-0.15, -0.1) is 23.7 Å². The van der Waals surface area contributed by atoms with E-state index in [0.717, 1.165) is 12.0 Å². The Kier molecular flexibility index (Phi) is 7.02. The van der Waals surface area contributed by atoms with E-state index in [1.165, 1.54) is 4.88 Å². The molecule has 6 heteroatoms. The lowest BCUT2D eigenvalue weighted by atomic mass is 10.1. The molecule has 2 rings (SSSR count). The quantitative estimate of drug-likeness (QED) is 0.854. The maximum absolute atomic E-state index is 11.5. The number of amides is 1. The minimum absolute atomic E-state index is 0. The van der Waals surface area contributed by atoms with Crippen LogP contribution >= 0.6 is 35.3 Å². The lowest BCUT2D eigenvalue weighted by Gasteiger charge is -2.16. The van der Waals surface area contributed by atoms with Crippen LogP contribution in [0.5, 0.6) is 0 Å². The van der Waals surface area contributed by atoms with E-state index in [-0.39, 0.29) is 12.4 Å². The minimum Gasteiger partial charge on any atom is -0.368 e. The molecule has 1 heterocycles. The van der Waals surface area contributed by atoms with Gasteiger partial charge in [0.05, 0.1) is 0 Å². The van der Waals surface area contributed by atoms with Gasteiger partial charge >= 0.3 is 0 Å². The summed E-state index contributed by atoms with van der Waals surface area (Å²) in [7, 11) is 0. The van der Waals surface area contributed by atoms with Crippen molar-refractivity contribution in [1.29, 1.82) is 0 Å². The van der Waals surface area contributed by atoms with Crippen molar-refractivity contribution in [3.63, 3.8) is 0 Å². The fourth-order valence-electron chi connectivity index (χ4n) is 1.87. The number of rotatable bonds is 6. The first kappa shape index (κ1) is 17.0. The third-order valence-electron chi connectivity index (χ3n) is 2.80. The van der Waals surface area contributed by atoms with Gasteiger partial charge in [0.15, 0.2) is 0 Å². The molecule has 108 valence electrons. The molecule has 3 N–H and O–H groups in total. The van der Waals surface area contributed by atoms with Crippen LogP contribution in [0, 0.1) is 0 Å². The van der Waals surface area contributed by atoms with Crippen molar-refractivity contribution >= 4 is 41.3 Å². The number of hydrogen-bond acceptors (Lipinski definition) is 3. The van der Waals surface area contributed by atoms with Gasteiger partial charge in [-0.2, -0.15) is 0 Å². The summed E-state index contributed by atoms with van der Waals surface area (Å²) in [4.78, 5) is 12.8. The number of nitrogens with one attached hydrogen (secondary N) is 1. The first-order valence-electron chi connectivity index (χ1n) is 5.98. The fraction of sp³-hybridized carbons (Fsp3) is 0.214. The Hall–Kier alpha value is -1.07. The molecule has 0 radical (unpaired) electrons. The number of hydrogen-bond donors (Lipinski definition) is 2. The Bertz CT molecular complexity index is 546. The van der Waals surface area contributed by atoms with Crippen molar-refractivity contribution in [3.05, 3.63) is 57.2 Å². The van der Waals surface area contributed by atoms with Crippen molar-refractivity contribution in [2.45, 2.75) is 12.5 Å². The molecule has 3 nitrogen and oxygen atoms in total. The van der Waals surface area contributed by atoms with E-state index in [1.807, 2.05) is 29.6 Å². The van der Waals surface area contributed by atoms with Crippen LogP contribution in [0.15, 0.2) is 41.8 Å². The number of thiophene rings is 1. The molecule has 1 aromatic heterocycles. The molecular formula is C14H16Cl2N2OS. The zero-order chi connectivity index (χ0) is 13.7. The number of benzene rings is 1. The highest BCUT2D eigenvalue weighted by atomic mass is 35.5. The number of primary amides is 1. The monoisotopic (exact) mass is 330 g/mol. The summed E-state index contributed by atoms with van der Waals surface area (Å²) in [5.74, 6) is -0.417. The lowest BCUT2D eigenvalue weighted by molar-refractivity contribution is -0.120. The van der Waals surface area contributed by atoms with Crippen molar-refractivity contribution in [3.8, 4) is 0 Å². The minimum atomic E-state index is -0.548. The second-order valence-electron chi connectivity index (χ2n) is 4.14. The van der Waals surface area contributed by atoms with Crippen LogP contribution in [-0.2, 0) is 11.2 Å². The fourth-order valence-corrected chi connectivity index (χ4v) is 2.82. The lowest BCUT2D eigenvalue weighted by Crippen LogP contribution is -2.34. The second kappa shape index (κ2) is 8.27. The van der Waals surface area contributed by atoms with E-state index in [0.29, 0.717) is 11.6 Å². The van der Waals surface area contributed by atoms with Gasteiger partial charge < -0.3 is 11.1 Å². The van der Waals surface area contributed by atoms with Gasteiger partial charge in [-0.3, -0.25) is 4.79 Å². The number of carbonyl (C=O) groups excluding carboxylic acids is 1. The highest BCUT2D eigenvalue weighted by molar-refractivity contribution is 7.09. The third-order valence-corrected chi connectivity index (χ3v) is 4.08. The van der Waals surface area contributed by atoms with Gasteiger partial charge in [0.2, 0.25) is 5.91 Å². The molecule has 1 aromatic carbocycles. The molecule has 0 bridgehead atoms. The van der Waals surface area contributed by atoms with E-state index in [1.54, 1.807) is 17.4 Å². The van der Waals surface area contributed by atoms with Crippen molar-refractivity contribution in [2.24, 2.45) is 5.73 Å². The third kappa shape index (κ3) is 4.49. The van der Waals surface area contributed by atoms with E-state index < -0.39 is 11.9 Å². The molecule has 20 heavy (non-hydrogen) atoms. The van der Waals surface area contributed by atoms with Crippen LogP contribution in [0.1, 0.15) is 16.5 Å². The molecule has 0 aliphatic heterocycles. The molecule has 0 saturated heterocycles. The smallest absolute Gasteiger partial charge is 0.239 e. The van der Waals surface area contributed by atoms with Crippen molar-refractivity contribution in [1.82, 2.24) is 5.32 Å². The van der Waals surface area contributed by atoms with Crippen LogP contribution in [0.3, 0.4) is 0 Å². The average molecular weight is 331 g/mol. The van der Waals surface area contributed by atoms with Crippen LogP contribution in [-0.4, -0.2) is 12.5 Å². The van der Waals surface area contributed by atoms with Crippen LogP contribution in [0.2, 0.25) is 5.02 Å². The summed E-state index contributed by atoms with van der Waals surface area (Å²) in [6, 6.07) is 10.8. The summed E-state index contributed by atoms with van der Waals surface area (Å²) in [5, 5.41) is 5.75. The van der Waals surface area contributed by atoms with Gasteiger partial charge in [0.25, 0.3) is 0 Å². The first-order valence-corrected chi connectivity index (χ1v) is 7.24. The largest absolute Gasteiger partial charge is 0.368 e. The predicted molar refractivity (Wildman–Crippen MR) is 86.7 cm³/mol. The van der Waals surface area contributed by atoms with Crippen LogP contribution in [0.25, 0.3) is 0 Å². The summed E-state index contributed by atoms with van der Waals surface area (Å²) in [6.45, 7) is 0.680. The van der Waals surface area contributed by atoms with Crippen molar-refractivity contribution < 1.29 is 4.79 Å². The molecule has 1 atom stereocenters. The summed E-state index contributed by atoms with van der Waals surface area (Å²) >= 11 is 7.80. The van der Waals surface area contributed by atoms with E-state index >= 15 is 0 Å². The molecule has 0 aliphatic rings. The number of carbonyl (C=O) groups is 1. The molecule has 0 unspecified atom stereocenters. The normalized spacial score (nSPS) is 11.7. The Morgan fingerprint density at radius 3 is 2.65 bits per heavy atom. The topological polar surface area (TPSA) is 55.1 Å². The molecule has 0 aliphatic carbocycles. The van der Waals surface area contributed by atoms with Gasteiger partial charge in [-0.05, 0) is 29.5 Å². The van der Waals surface area contributed by atoms with Gasteiger partial charge in [0.1, 0.15) is 6.04 Å². The Morgan fingerprint density at radius 1 is 1.30 bits per heavy atom. The second-order valence-corrected chi connectivity index (χ2v) is 5.58. The SMILES string of the molecule is Cl.NC(=O)[C@@H](NCCc1cccs1)c1ccccc1Cl. The van der Waals surface area contributed by atoms with E-state index in [9.17, 15) is 4.79 Å². The Balaban J connectivity index is 0.00000200. The average Bonchev–Trinajstić information content (AvgIpc) is 2.89. The van der Waals surface area contributed by atoms with Gasteiger partial charge in [-0.1, -0.05) is 35.9 Å². The standard InChI is InChI=1S/C14H15ClN2OS.ClH/c15-12-6-2-1-5-11(12)13(14(16)18)17-8-7-10-4-3-9-19-10;/h1-6,9,13,17H,7-8H2,(H2,16,18);1H/t13-;/m0./s1. The Morgan fingerprint density at radius 2 is 2.05 bits per heavy atom. The predicted octanol–water partition coefficient (Wildman–Crippen LogP) is 3.18. The molecule has 0 spiro atoms. The molecule has 0 fully saturated rings. The van der Waals surface area contributed by atoms with Crippen LogP contribution in [0.4, 0.5) is 0 Å². The summed E-state index contributed by atoms with van der Waals surface area (Å²) in [5.41, 5.74) is 6.16. The zero-order valence-electron chi connectivity index (χ0n) is 10.7. The highest BCUT2D eigenvalue weighted by Gasteiger charge is 2.19. The van der Waals surface area contributed by atoms with E-state index in [2.05, 4.69) is 11.4 Å². The molecule has 1 amide bonds. The highest BCUT2D eigenvalue weighted by Crippen LogP contribution is 2.22. The number of nitrogens with two attached hydrogens (primary N) is 1. The van der Waals surface area contributed by atoms with Gasteiger partial charge in [-0.25, -0.2) is 0 Å². The summed E-state index contributed by atoms with van der Waals surface area (Å²) in [6.07, 6.45) is 0.867. The van der Waals surface area contributed by atoms with Crippen molar-refractivity contribution in [2.75, 3.05) is 6.54 Å². The first-order chi connectivity index (χ1) is 9.18. The number of halogens is 2. The van der Waals surface area contributed by atoms with E-state index in [4.69, 9.17) is 17.3 Å². The zero-order valence-corrected chi connectivity index (χ0v) is 13.1. The molecule has 2 aromatic rings. The Labute approximate surface area is 133 Å². The summed E-state index contributed by atoms with van der Waals surface area (Å²) < 4.78 is 0. The maximum Gasteiger partial charge on any atom is 0.239 e. The molecular weight excluding hydrogens is 315 g/mol. The van der Waals surface area contributed by atoms with Gasteiger partial charge in [0, 0.05) is 16.4 Å².